The maximum Gasteiger partial charge on any atom is 0.0603 e. The molecule has 0 unspecified atom stereocenters. The first-order chi connectivity index (χ1) is 7.88. The molecule has 0 saturated carbocycles. The lowest BCUT2D eigenvalue weighted by Crippen LogP contribution is -2.43. The quantitative estimate of drug-likeness (QED) is 0.729. The molecule has 4 heteroatoms. The maximum absolute atomic E-state index is 6.17. The van der Waals surface area contributed by atoms with Crippen LogP contribution in [0.5, 0.6) is 0 Å². The predicted octanol–water partition coefficient (Wildman–Crippen LogP) is 0.396. The number of nitrogens with zero attached hydrogens (tertiary/aromatic N) is 1. The van der Waals surface area contributed by atoms with Crippen LogP contribution in [-0.4, -0.2) is 57.0 Å². The molecule has 2 rings (SSSR count). The highest BCUT2D eigenvalue weighted by Crippen LogP contribution is 2.18. The van der Waals surface area contributed by atoms with Crippen LogP contribution < -0.4 is 10.6 Å². The van der Waals surface area contributed by atoms with Gasteiger partial charge in [-0.25, -0.2) is 0 Å². The molecule has 0 bridgehead atoms. The molecule has 0 radical (unpaired) electrons. The SMILES string of the molecule is CNCN1CCC(OC2CCNCC2)CC1. The molecule has 0 amide bonds. The van der Waals surface area contributed by atoms with E-state index >= 15 is 0 Å². The second-order valence-electron chi connectivity index (χ2n) is 4.91. The molecule has 94 valence electrons. The Bertz CT molecular complexity index is 187. The van der Waals surface area contributed by atoms with Crippen molar-refractivity contribution in [2.75, 3.05) is 39.9 Å². The Morgan fingerprint density at radius 2 is 1.75 bits per heavy atom. The second-order valence-corrected chi connectivity index (χ2v) is 4.91. The van der Waals surface area contributed by atoms with Crippen LogP contribution in [0.15, 0.2) is 0 Å². The van der Waals surface area contributed by atoms with E-state index in [1.54, 1.807) is 0 Å². The Morgan fingerprint density at radius 1 is 1.12 bits per heavy atom. The summed E-state index contributed by atoms with van der Waals surface area (Å²) in [6.45, 7) is 5.62. The number of likely N-dealkylation sites (tertiary alicyclic amines) is 1. The molecule has 2 fully saturated rings. The summed E-state index contributed by atoms with van der Waals surface area (Å²) in [5.41, 5.74) is 0. The van der Waals surface area contributed by atoms with Crippen LogP contribution in [0.3, 0.4) is 0 Å². The lowest BCUT2D eigenvalue weighted by molar-refractivity contribution is -0.0535. The van der Waals surface area contributed by atoms with Crippen molar-refractivity contribution in [1.29, 1.82) is 0 Å². The van der Waals surface area contributed by atoms with Crippen molar-refractivity contribution in [3.8, 4) is 0 Å². The van der Waals surface area contributed by atoms with Gasteiger partial charge in [0.15, 0.2) is 0 Å². The molecule has 0 aromatic carbocycles. The fraction of sp³-hybridized carbons (Fsp3) is 1.00. The van der Waals surface area contributed by atoms with Crippen LogP contribution >= 0.6 is 0 Å². The number of piperidine rings is 2. The van der Waals surface area contributed by atoms with Gasteiger partial charge in [0.05, 0.1) is 12.2 Å². The van der Waals surface area contributed by atoms with Crippen molar-refractivity contribution < 1.29 is 4.74 Å². The van der Waals surface area contributed by atoms with Gasteiger partial charge in [0.25, 0.3) is 0 Å². The molecule has 0 spiro atoms. The third-order valence-electron chi connectivity index (χ3n) is 3.59. The minimum absolute atomic E-state index is 0.510. The Morgan fingerprint density at radius 3 is 2.38 bits per heavy atom. The summed E-state index contributed by atoms with van der Waals surface area (Å²) >= 11 is 0. The zero-order chi connectivity index (χ0) is 11.2. The van der Waals surface area contributed by atoms with Gasteiger partial charge in [0, 0.05) is 19.8 Å². The predicted molar refractivity (Wildman–Crippen MR) is 65.5 cm³/mol. The minimum Gasteiger partial charge on any atom is -0.375 e. The van der Waals surface area contributed by atoms with E-state index in [-0.39, 0.29) is 0 Å². The first-order valence-corrected chi connectivity index (χ1v) is 6.61. The minimum atomic E-state index is 0.510. The Labute approximate surface area is 98.7 Å². The summed E-state index contributed by atoms with van der Waals surface area (Å²) in [5, 5.41) is 6.59. The van der Waals surface area contributed by atoms with Gasteiger partial charge in [-0.2, -0.15) is 0 Å². The van der Waals surface area contributed by atoms with Crippen LogP contribution in [0.4, 0.5) is 0 Å². The normalized spacial score (nSPS) is 26.1. The van der Waals surface area contributed by atoms with Gasteiger partial charge in [0.2, 0.25) is 0 Å². The zero-order valence-corrected chi connectivity index (χ0v) is 10.4. The summed E-state index contributed by atoms with van der Waals surface area (Å²) in [6.07, 6.45) is 5.81. The number of hydrogen-bond acceptors (Lipinski definition) is 4. The van der Waals surface area contributed by atoms with Crippen LogP contribution in [0.25, 0.3) is 0 Å². The lowest BCUT2D eigenvalue weighted by Gasteiger charge is -2.34. The molecule has 0 aromatic rings. The summed E-state index contributed by atoms with van der Waals surface area (Å²) in [6, 6.07) is 0. The van der Waals surface area contributed by atoms with E-state index in [0.717, 1.165) is 19.8 Å². The van der Waals surface area contributed by atoms with Gasteiger partial charge in [-0.1, -0.05) is 0 Å². The molecule has 2 heterocycles. The molecule has 0 atom stereocenters. The van der Waals surface area contributed by atoms with Gasteiger partial charge in [-0.15, -0.1) is 0 Å². The van der Waals surface area contributed by atoms with E-state index in [9.17, 15) is 0 Å². The number of ether oxygens (including phenoxy) is 1. The van der Waals surface area contributed by atoms with Gasteiger partial charge in [0.1, 0.15) is 0 Å². The topological polar surface area (TPSA) is 36.5 Å². The highest BCUT2D eigenvalue weighted by atomic mass is 16.5. The standard InChI is InChI=1S/C12H25N3O/c1-13-10-15-8-4-12(5-9-15)16-11-2-6-14-7-3-11/h11-14H,2-10H2,1H3. The molecular weight excluding hydrogens is 202 g/mol. The van der Waals surface area contributed by atoms with Gasteiger partial charge >= 0.3 is 0 Å². The molecule has 2 aliphatic heterocycles. The third-order valence-corrected chi connectivity index (χ3v) is 3.59. The van der Waals surface area contributed by atoms with Gasteiger partial charge < -0.3 is 15.4 Å². The average Bonchev–Trinajstić information content (AvgIpc) is 2.33. The lowest BCUT2D eigenvalue weighted by atomic mass is 10.1. The van der Waals surface area contributed by atoms with Crippen LogP contribution in [0, 0.1) is 0 Å². The molecule has 2 N–H and O–H groups in total. The van der Waals surface area contributed by atoms with Gasteiger partial charge in [-0.05, 0) is 45.8 Å². The van der Waals surface area contributed by atoms with E-state index < -0.39 is 0 Å². The van der Waals surface area contributed by atoms with E-state index in [4.69, 9.17) is 4.74 Å². The fourth-order valence-electron chi connectivity index (χ4n) is 2.63. The molecule has 2 aliphatic rings. The van der Waals surface area contributed by atoms with Crippen LogP contribution in [0.1, 0.15) is 25.7 Å². The van der Waals surface area contributed by atoms with Crippen LogP contribution in [-0.2, 0) is 4.74 Å². The Hall–Kier alpha value is -0.160. The summed E-state index contributed by atoms with van der Waals surface area (Å²) in [7, 11) is 2.01. The third kappa shape index (κ3) is 3.70. The van der Waals surface area contributed by atoms with E-state index in [1.165, 1.54) is 38.8 Å². The largest absolute Gasteiger partial charge is 0.375 e. The fourth-order valence-corrected chi connectivity index (χ4v) is 2.63. The Kier molecular flexibility index (Phi) is 5.03. The van der Waals surface area contributed by atoms with Gasteiger partial charge in [-0.3, -0.25) is 4.90 Å². The smallest absolute Gasteiger partial charge is 0.0603 e. The number of rotatable bonds is 4. The summed E-state index contributed by atoms with van der Waals surface area (Å²) in [4.78, 5) is 2.46. The monoisotopic (exact) mass is 227 g/mol. The zero-order valence-electron chi connectivity index (χ0n) is 10.4. The highest BCUT2D eigenvalue weighted by Gasteiger charge is 2.23. The highest BCUT2D eigenvalue weighted by molar-refractivity contribution is 4.75. The number of nitrogens with one attached hydrogen (secondary N) is 2. The molecular formula is C12H25N3O. The summed E-state index contributed by atoms with van der Waals surface area (Å²) in [5.74, 6) is 0. The molecule has 2 saturated heterocycles. The van der Waals surface area contributed by atoms with E-state index in [2.05, 4.69) is 15.5 Å². The van der Waals surface area contributed by atoms with Crippen molar-refractivity contribution >= 4 is 0 Å². The molecule has 4 nitrogen and oxygen atoms in total. The van der Waals surface area contributed by atoms with Crippen LogP contribution in [0.2, 0.25) is 0 Å². The molecule has 16 heavy (non-hydrogen) atoms. The van der Waals surface area contributed by atoms with Crippen molar-refractivity contribution in [2.24, 2.45) is 0 Å². The number of hydrogen-bond donors (Lipinski definition) is 2. The van der Waals surface area contributed by atoms with E-state index in [0.29, 0.717) is 12.2 Å². The second kappa shape index (κ2) is 6.55. The van der Waals surface area contributed by atoms with Crippen molar-refractivity contribution in [3.63, 3.8) is 0 Å². The molecule has 0 aliphatic carbocycles. The van der Waals surface area contributed by atoms with Crippen molar-refractivity contribution in [2.45, 2.75) is 37.9 Å². The average molecular weight is 227 g/mol. The van der Waals surface area contributed by atoms with Crippen molar-refractivity contribution in [3.05, 3.63) is 0 Å². The first-order valence-electron chi connectivity index (χ1n) is 6.61. The summed E-state index contributed by atoms with van der Waals surface area (Å²) < 4.78 is 6.17. The Balaban J connectivity index is 1.64. The van der Waals surface area contributed by atoms with Crippen molar-refractivity contribution in [1.82, 2.24) is 15.5 Å². The first kappa shape index (κ1) is 12.3. The molecule has 0 aromatic heterocycles. The van der Waals surface area contributed by atoms with E-state index in [1.807, 2.05) is 7.05 Å². The maximum atomic E-state index is 6.17.